The van der Waals surface area contributed by atoms with Gasteiger partial charge in [-0.3, -0.25) is 0 Å². The maximum atomic E-state index is 13.6. The van der Waals surface area contributed by atoms with E-state index >= 15 is 0 Å². The predicted octanol–water partition coefficient (Wildman–Crippen LogP) is 14.0. The quantitative estimate of drug-likeness (QED) is 0.0484. The summed E-state index contributed by atoms with van der Waals surface area (Å²) in [6, 6.07) is 18.3. The molecule has 0 radical (unpaired) electrons. The van der Waals surface area contributed by atoms with Crippen LogP contribution in [0.3, 0.4) is 0 Å². The van der Waals surface area contributed by atoms with E-state index in [0.717, 1.165) is 130 Å². The Kier molecular flexibility index (Phi) is 15.0. The van der Waals surface area contributed by atoms with Crippen molar-refractivity contribution in [2.45, 2.75) is 150 Å². The number of ether oxygens (including phenoxy) is 5. The first kappa shape index (κ1) is 46.8. The van der Waals surface area contributed by atoms with Crippen LogP contribution in [0.5, 0.6) is 11.5 Å². The Morgan fingerprint density at radius 3 is 2.14 bits per heavy atom. The number of unbranched alkanes of at least 4 members (excludes halogenated alkanes) is 3. The molecule has 348 valence electrons. The third-order valence-corrected chi connectivity index (χ3v) is 17.3. The third-order valence-electron chi connectivity index (χ3n) is 17.3. The van der Waals surface area contributed by atoms with Gasteiger partial charge in [-0.05, 0) is 176 Å². The summed E-state index contributed by atoms with van der Waals surface area (Å²) in [5, 5.41) is 1.75. The largest absolute Gasteiger partial charge is 0.494 e. The highest BCUT2D eigenvalue weighted by molar-refractivity contribution is 5.99. The van der Waals surface area contributed by atoms with E-state index < -0.39 is 5.97 Å². The lowest BCUT2D eigenvalue weighted by molar-refractivity contribution is -0.150. The first-order valence-corrected chi connectivity index (χ1v) is 25.4. The van der Waals surface area contributed by atoms with Crippen molar-refractivity contribution >= 4 is 22.7 Å². The van der Waals surface area contributed by atoms with Gasteiger partial charge >= 0.3 is 11.9 Å². The summed E-state index contributed by atoms with van der Waals surface area (Å²) in [6.07, 6.45) is 21.6. The fraction of sp³-hybridized carbons (Fsp3) is 0.649. The number of fused-ring (bicyclic) bond motifs is 6. The molecule has 3 aromatic rings. The van der Waals surface area contributed by atoms with E-state index in [1.165, 1.54) is 51.4 Å². The second-order valence-electron chi connectivity index (χ2n) is 21.9. The lowest BCUT2D eigenvalue weighted by atomic mass is 9.47. The Hall–Kier alpha value is -3.68. The first-order chi connectivity index (χ1) is 30.9. The van der Waals surface area contributed by atoms with Gasteiger partial charge in [-0.2, -0.15) is 0 Å². The molecular weight excluding hydrogens is 797 g/mol. The van der Waals surface area contributed by atoms with Crippen LogP contribution in [0.4, 0.5) is 0 Å². The monoisotopic (exact) mass is 875 g/mol. The zero-order valence-electron chi connectivity index (χ0n) is 40.1. The average Bonchev–Trinajstić information content (AvgIpc) is 3.64. The first-order valence-electron chi connectivity index (χ1n) is 25.4. The van der Waals surface area contributed by atoms with Crippen LogP contribution in [0.15, 0.2) is 72.3 Å². The minimum absolute atomic E-state index is 0.0967. The molecule has 1 saturated heterocycles. The van der Waals surface area contributed by atoms with Gasteiger partial charge in [0.25, 0.3) is 0 Å². The number of esters is 2. The predicted molar refractivity (Wildman–Crippen MR) is 256 cm³/mol. The van der Waals surface area contributed by atoms with E-state index in [1.54, 1.807) is 23.8 Å². The number of allylic oxidation sites excluding steroid dienone is 1. The minimum atomic E-state index is -0.432. The molecule has 0 N–H and O–H groups in total. The Balaban J connectivity index is 0.777. The normalized spacial score (nSPS) is 28.6. The molecule has 1 aliphatic heterocycles. The maximum absolute atomic E-state index is 13.6. The van der Waals surface area contributed by atoms with Crippen molar-refractivity contribution in [3.8, 4) is 11.5 Å². The molecule has 1 heterocycles. The average molecular weight is 875 g/mol. The molecule has 7 nitrogen and oxygen atoms in total. The van der Waals surface area contributed by atoms with Crippen LogP contribution in [-0.4, -0.2) is 51.1 Å². The maximum Gasteiger partial charge on any atom is 0.343 e. The zero-order valence-corrected chi connectivity index (χ0v) is 40.1. The van der Waals surface area contributed by atoms with Gasteiger partial charge in [-0.25, -0.2) is 9.59 Å². The van der Waals surface area contributed by atoms with Crippen molar-refractivity contribution in [1.29, 1.82) is 0 Å². The molecule has 0 amide bonds. The topological polar surface area (TPSA) is 80.3 Å². The molecular formula is C57H78O7. The van der Waals surface area contributed by atoms with Crippen LogP contribution in [0, 0.1) is 51.8 Å². The minimum Gasteiger partial charge on any atom is -0.494 e. The van der Waals surface area contributed by atoms with Crippen LogP contribution in [0.1, 0.15) is 165 Å². The molecule has 4 fully saturated rings. The lowest BCUT2D eigenvalue weighted by Crippen LogP contribution is -2.51. The van der Waals surface area contributed by atoms with Gasteiger partial charge < -0.3 is 23.7 Å². The van der Waals surface area contributed by atoms with E-state index in [1.807, 2.05) is 42.5 Å². The van der Waals surface area contributed by atoms with Crippen LogP contribution in [0.25, 0.3) is 10.8 Å². The molecule has 8 atom stereocenters. The van der Waals surface area contributed by atoms with Gasteiger partial charge in [0, 0.05) is 18.4 Å². The van der Waals surface area contributed by atoms with E-state index in [9.17, 15) is 9.59 Å². The Bertz CT molecular complexity index is 2080. The van der Waals surface area contributed by atoms with Crippen LogP contribution in [0.2, 0.25) is 0 Å². The summed E-state index contributed by atoms with van der Waals surface area (Å²) in [4.78, 5) is 26.8. The van der Waals surface area contributed by atoms with Crippen LogP contribution in [-0.2, 0) is 14.2 Å². The van der Waals surface area contributed by atoms with Gasteiger partial charge in [0.15, 0.2) is 0 Å². The second kappa shape index (κ2) is 20.5. The molecule has 5 aliphatic rings. The third kappa shape index (κ3) is 10.3. The molecule has 8 unspecified atom stereocenters. The summed E-state index contributed by atoms with van der Waals surface area (Å²) in [7, 11) is 0. The van der Waals surface area contributed by atoms with Gasteiger partial charge in [0.2, 0.25) is 0 Å². The highest BCUT2D eigenvalue weighted by atomic mass is 16.5. The van der Waals surface area contributed by atoms with Crippen molar-refractivity contribution in [2.75, 3.05) is 33.0 Å². The summed E-state index contributed by atoms with van der Waals surface area (Å²) in [6.45, 7) is 18.6. The van der Waals surface area contributed by atoms with Crippen molar-refractivity contribution in [3.05, 3.63) is 83.4 Å². The number of benzene rings is 3. The Morgan fingerprint density at radius 1 is 0.750 bits per heavy atom. The van der Waals surface area contributed by atoms with Crippen molar-refractivity contribution in [3.63, 3.8) is 0 Å². The summed E-state index contributed by atoms with van der Waals surface area (Å²) in [5.74, 6) is 5.40. The van der Waals surface area contributed by atoms with Gasteiger partial charge in [-0.1, -0.05) is 91.0 Å². The fourth-order valence-corrected chi connectivity index (χ4v) is 13.2. The molecule has 8 rings (SSSR count). The van der Waals surface area contributed by atoms with Crippen LogP contribution >= 0.6 is 0 Å². The van der Waals surface area contributed by atoms with Crippen molar-refractivity contribution < 1.29 is 33.3 Å². The number of hydrogen-bond acceptors (Lipinski definition) is 7. The van der Waals surface area contributed by atoms with E-state index in [2.05, 4.69) is 47.6 Å². The molecule has 4 aliphatic carbocycles. The van der Waals surface area contributed by atoms with Crippen molar-refractivity contribution in [2.24, 2.45) is 51.8 Å². The number of rotatable bonds is 20. The molecule has 64 heavy (non-hydrogen) atoms. The molecule has 3 aromatic carbocycles. The summed E-state index contributed by atoms with van der Waals surface area (Å²) in [5.41, 5.74) is 3.49. The molecule has 0 aromatic heterocycles. The van der Waals surface area contributed by atoms with E-state index in [-0.39, 0.29) is 22.9 Å². The van der Waals surface area contributed by atoms with Gasteiger partial charge in [-0.15, -0.1) is 0 Å². The molecule has 0 bridgehead atoms. The zero-order chi connectivity index (χ0) is 44.9. The Morgan fingerprint density at radius 2 is 1.45 bits per heavy atom. The summed E-state index contributed by atoms with van der Waals surface area (Å²) >= 11 is 0. The highest BCUT2D eigenvalue weighted by Gasteiger charge is 2.59. The number of carbonyl (C=O) groups excluding carboxylic acids is 2. The lowest BCUT2D eigenvalue weighted by Gasteiger charge is -2.58. The van der Waals surface area contributed by atoms with Crippen molar-refractivity contribution in [1.82, 2.24) is 0 Å². The second-order valence-corrected chi connectivity index (χ2v) is 21.9. The fourth-order valence-electron chi connectivity index (χ4n) is 13.2. The SMILES string of the molecule is CCC1(COCCCCCCOc2ccc(OC(=O)c3ccc4cc(C(=O)OC5CCC6(C)C(=CCC7C6CCC6(C)C(C(C)CCCC(C)C)CCC76)C5)ccc4c3)cc2)COC1. The Labute approximate surface area is 384 Å². The van der Waals surface area contributed by atoms with Gasteiger partial charge in [0.05, 0.1) is 37.6 Å². The van der Waals surface area contributed by atoms with Gasteiger partial charge in [0.1, 0.15) is 17.6 Å². The highest BCUT2D eigenvalue weighted by Crippen LogP contribution is 2.67. The molecule has 7 heteroatoms. The molecule has 3 saturated carbocycles. The molecule has 0 spiro atoms. The summed E-state index contributed by atoms with van der Waals surface area (Å²) < 4.78 is 29.2. The van der Waals surface area contributed by atoms with Crippen LogP contribution < -0.4 is 9.47 Å². The number of carbonyl (C=O) groups is 2. The standard InChI is InChI=1S/C57H78O7/c1-7-57(37-61-38-57)36-60-31-10-8-9-11-32-62-46-20-22-47(23-21-46)63-53(58)43-17-15-42-34-44(18-16-41(42)33-43)54(59)64-48-27-29-55(5)45(35-48)19-24-49-51-26-25-50(40(4)14-12-13-39(2)3)56(51,6)30-28-52(49)55/h15-23,33-34,39-40,48-52H,7-14,24-32,35-38H2,1-6H3. The smallest absolute Gasteiger partial charge is 0.343 e. The number of hydrogen-bond donors (Lipinski definition) is 0. The van der Waals surface area contributed by atoms with E-state index in [0.29, 0.717) is 28.9 Å². The van der Waals surface area contributed by atoms with E-state index in [4.69, 9.17) is 23.7 Å².